The third-order valence-corrected chi connectivity index (χ3v) is 4.25. The van der Waals surface area contributed by atoms with E-state index in [2.05, 4.69) is 13.0 Å². The number of hydrogen-bond donors (Lipinski definition) is 1. The van der Waals surface area contributed by atoms with Crippen LogP contribution in [0.2, 0.25) is 0 Å². The first-order valence-electron chi connectivity index (χ1n) is 7.13. The number of carbonyl (C=O) groups is 1. The average Bonchev–Trinajstić information content (AvgIpc) is 2.36. The van der Waals surface area contributed by atoms with Crippen molar-refractivity contribution in [2.75, 3.05) is 0 Å². The topological polar surface area (TPSA) is 50.2 Å². The zero-order valence-corrected chi connectivity index (χ0v) is 12.2. The summed E-state index contributed by atoms with van der Waals surface area (Å²) in [5, 5.41) is 10.5. The Labute approximate surface area is 118 Å². The average molecular weight is 269 g/mol. The summed E-state index contributed by atoms with van der Waals surface area (Å²) >= 11 is 0. The van der Waals surface area contributed by atoms with Crippen LogP contribution in [0.1, 0.15) is 46.1 Å². The molecule has 0 aliphatic heterocycles. The highest BCUT2D eigenvalue weighted by Crippen LogP contribution is 2.33. The van der Waals surface area contributed by atoms with Crippen molar-refractivity contribution in [2.24, 2.45) is 5.92 Å². The van der Waals surface area contributed by atoms with E-state index < -0.39 is 5.97 Å². The van der Waals surface area contributed by atoms with Crippen molar-refractivity contribution in [3.05, 3.63) is 40.1 Å². The fourth-order valence-corrected chi connectivity index (χ4v) is 3.31. The van der Waals surface area contributed by atoms with Gasteiger partial charge in [0.15, 0.2) is 0 Å². The number of pyridine rings is 1. The Bertz CT molecular complexity index is 719. The van der Waals surface area contributed by atoms with Gasteiger partial charge in [-0.15, -0.1) is 0 Å². The second-order valence-electron chi connectivity index (χ2n) is 6.04. The lowest BCUT2D eigenvalue weighted by atomic mass is 9.83. The molecule has 0 radical (unpaired) electrons. The normalized spacial score (nSPS) is 18.1. The van der Waals surface area contributed by atoms with E-state index in [0.717, 1.165) is 52.5 Å². The number of aromatic nitrogens is 1. The summed E-state index contributed by atoms with van der Waals surface area (Å²) in [7, 11) is 0. The molecule has 3 heteroatoms. The molecule has 20 heavy (non-hydrogen) atoms. The molecule has 1 aliphatic carbocycles. The van der Waals surface area contributed by atoms with E-state index in [1.807, 2.05) is 19.9 Å². The largest absolute Gasteiger partial charge is 0.478 e. The van der Waals surface area contributed by atoms with Gasteiger partial charge in [-0.05, 0) is 56.2 Å². The number of aryl methyl sites for hydroxylation is 3. The van der Waals surface area contributed by atoms with Gasteiger partial charge < -0.3 is 5.11 Å². The maximum absolute atomic E-state index is 11.8. The third-order valence-electron chi connectivity index (χ3n) is 4.25. The molecule has 3 nitrogen and oxygen atoms in total. The summed E-state index contributed by atoms with van der Waals surface area (Å²) in [6.07, 6.45) is 2.81. The van der Waals surface area contributed by atoms with Crippen LogP contribution in [0, 0.1) is 19.8 Å². The van der Waals surface area contributed by atoms with Crippen LogP contribution in [-0.4, -0.2) is 16.1 Å². The Morgan fingerprint density at radius 3 is 2.80 bits per heavy atom. The molecule has 104 valence electrons. The number of fused-ring (bicyclic) bond motifs is 2. The van der Waals surface area contributed by atoms with Crippen LogP contribution in [0.5, 0.6) is 0 Å². The number of rotatable bonds is 1. The Morgan fingerprint density at radius 2 is 2.10 bits per heavy atom. The maximum Gasteiger partial charge on any atom is 0.336 e. The standard InChI is InChI=1S/C17H19NO2/c1-9-4-5-14-12(7-9)15(17(19)20)13-8-10(2)6-11(3)16(13)18-14/h6,8-9H,4-5,7H2,1-3H3,(H,19,20). The molecule has 0 spiro atoms. The van der Waals surface area contributed by atoms with Crippen molar-refractivity contribution in [1.82, 2.24) is 4.98 Å². The van der Waals surface area contributed by atoms with E-state index in [1.54, 1.807) is 0 Å². The van der Waals surface area contributed by atoms with Gasteiger partial charge in [-0.2, -0.15) is 0 Å². The van der Waals surface area contributed by atoms with Crippen LogP contribution in [0.15, 0.2) is 12.1 Å². The Morgan fingerprint density at radius 1 is 1.35 bits per heavy atom. The summed E-state index contributed by atoms with van der Waals surface area (Å²) in [6.45, 7) is 6.19. The molecule has 1 unspecified atom stereocenters. The van der Waals surface area contributed by atoms with E-state index in [4.69, 9.17) is 4.98 Å². The van der Waals surface area contributed by atoms with Crippen molar-refractivity contribution in [1.29, 1.82) is 0 Å². The summed E-state index contributed by atoms with van der Waals surface area (Å²) in [4.78, 5) is 16.6. The van der Waals surface area contributed by atoms with Crippen LogP contribution < -0.4 is 0 Å². The highest BCUT2D eigenvalue weighted by Gasteiger charge is 2.25. The molecule has 1 heterocycles. The molecule has 0 fully saturated rings. The second kappa shape index (κ2) is 4.58. The molecule has 1 aromatic carbocycles. The van der Waals surface area contributed by atoms with Gasteiger partial charge in [0.1, 0.15) is 0 Å². The fourth-order valence-electron chi connectivity index (χ4n) is 3.31. The van der Waals surface area contributed by atoms with Crippen LogP contribution in [0.25, 0.3) is 10.9 Å². The lowest BCUT2D eigenvalue weighted by Gasteiger charge is -2.24. The van der Waals surface area contributed by atoms with Gasteiger partial charge in [0.05, 0.1) is 11.1 Å². The van der Waals surface area contributed by atoms with Gasteiger partial charge in [-0.25, -0.2) is 4.79 Å². The minimum absolute atomic E-state index is 0.475. The second-order valence-corrected chi connectivity index (χ2v) is 6.04. The molecular formula is C17H19NO2. The molecule has 1 N–H and O–H groups in total. The zero-order chi connectivity index (χ0) is 14.4. The minimum atomic E-state index is -0.826. The molecule has 0 saturated carbocycles. The van der Waals surface area contributed by atoms with Crippen molar-refractivity contribution in [2.45, 2.75) is 40.0 Å². The Kier molecular flexibility index (Phi) is 3.00. The van der Waals surface area contributed by atoms with Gasteiger partial charge in [0.2, 0.25) is 0 Å². The third kappa shape index (κ3) is 1.98. The first-order valence-corrected chi connectivity index (χ1v) is 7.13. The fraction of sp³-hybridized carbons (Fsp3) is 0.412. The molecule has 1 aromatic heterocycles. The first-order chi connectivity index (χ1) is 9.47. The highest BCUT2D eigenvalue weighted by atomic mass is 16.4. The van der Waals surface area contributed by atoms with Gasteiger partial charge in [0, 0.05) is 11.1 Å². The van der Waals surface area contributed by atoms with Crippen molar-refractivity contribution >= 4 is 16.9 Å². The molecule has 0 saturated heterocycles. The number of aromatic carboxylic acids is 1. The van der Waals surface area contributed by atoms with E-state index in [-0.39, 0.29) is 0 Å². The highest BCUT2D eigenvalue weighted by molar-refractivity contribution is 6.05. The summed E-state index contributed by atoms with van der Waals surface area (Å²) < 4.78 is 0. The lowest BCUT2D eigenvalue weighted by Crippen LogP contribution is -2.18. The SMILES string of the molecule is Cc1cc(C)c2nc3c(c(C(=O)O)c2c1)CC(C)CC3. The predicted octanol–water partition coefficient (Wildman–Crippen LogP) is 3.67. The predicted molar refractivity (Wildman–Crippen MR) is 79.4 cm³/mol. The van der Waals surface area contributed by atoms with Crippen LogP contribution in [-0.2, 0) is 12.8 Å². The quantitative estimate of drug-likeness (QED) is 0.859. The minimum Gasteiger partial charge on any atom is -0.478 e. The summed E-state index contributed by atoms with van der Waals surface area (Å²) in [6, 6.07) is 4.02. The van der Waals surface area contributed by atoms with E-state index in [0.29, 0.717) is 11.5 Å². The van der Waals surface area contributed by atoms with Gasteiger partial charge >= 0.3 is 5.97 Å². The van der Waals surface area contributed by atoms with Crippen molar-refractivity contribution in [3.63, 3.8) is 0 Å². The summed E-state index contributed by atoms with van der Waals surface area (Å²) in [5.41, 5.74) is 5.41. The van der Waals surface area contributed by atoms with E-state index in [9.17, 15) is 9.90 Å². The Hall–Kier alpha value is -1.90. The van der Waals surface area contributed by atoms with Crippen LogP contribution >= 0.6 is 0 Å². The maximum atomic E-state index is 11.8. The first kappa shape index (κ1) is 13.1. The molecule has 0 bridgehead atoms. The smallest absolute Gasteiger partial charge is 0.336 e. The number of carboxylic acids is 1. The number of nitrogens with zero attached hydrogens (tertiary/aromatic N) is 1. The van der Waals surface area contributed by atoms with Gasteiger partial charge in [-0.1, -0.05) is 18.6 Å². The van der Waals surface area contributed by atoms with E-state index >= 15 is 0 Å². The molecule has 1 atom stereocenters. The molecule has 0 amide bonds. The molecule has 1 aliphatic rings. The molecular weight excluding hydrogens is 250 g/mol. The van der Waals surface area contributed by atoms with Gasteiger partial charge in [-0.3, -0.25) is 4.98 Å². The zero-order valence-electron chi connectivity index (χ0n) is 12.2. The Balaban J connectivity index is 2.42. The van der Waals surface area contributed by atoms with Crippen molar-refractivity contribution < 1.29 is 9.90 Å². The number of carboxylic acid groups (broad SMARTS) is 1. The van der Waals surface area contributed by atoms with Crippen molar-refractivity contribution in [3.8, 4) is 0 Å². The molecule has 2 aromatic rings. The van der Waals surface area contributed by atoms with Gasteiger partial charge in [0.25, 0.3) is 0 Å². The number of hydrogen-bond acceptors (Lipinski definition) is 2. The monoisotopic (exact) mass is 269 g/mol. The van der Waals surface area contributed by atoms with E-state index in [1.165, 1.54) is 0 Å². The lowest BCUT2D eigenvalue weighted by molar-refractivity contribution is 0.0697. The van der Waals surface area contributed by atoms with Crippen LogP contribution in [0.3, 0.4) is 0 Å². The summed E-state index contributed by atoms with van der Waals surface area (Å²) in [5.74, 6) is -0.293. The van der Waals surface area contributed by atoms with Crippen LogP contribution in [0.4, 0.5) is 0 Å². The number of benzene rings is 1. The molecule has 3 rings (SSSR count).